The van der Waals surface area contributed by atoms with E-state index in [9.17, 15) is 9.90 Å². The summed E-state index contributed by atoms with van der Waals surface area (Å²) >= 11 is 0. The van der Waals surface area contributed by atoms with E-state index in [0.717, 1.165) is 48.1 Å². The molecule has 1 aliphatic rings. The van der Waals surface area contributed by atoms with Gasteiger partial charge in [-0.15, -0.1) is 0 Å². The van der Waals surface area contributed by atoms with Crippen molar-refractivity contribution >= 4 is 22.5 Å². The topological polar surface area (TPSA) is 110 Å². The Balaban J connectivity index is 1.33. The number of hydrogen-bond donors (Lipinski definition) is 3. The van der Waals surface area contributed by atoms with Crippen molar-refractivity contribution in [1.82, 2.24) is 15.2 Å². The average Bonchev–Trinajstić information content (AvgIpc) is 2.84. The number of methoxy groups -OCH3 is 2. The van der Waals surface area contributed by atoms with Crippen molar-refractivity contribution in [2.75, 3.05) is 39.6 Å². The summed E-state index contributed by atoms with van der Waals surface area (Å²) in [6.07, 6.45) is 2.71. The molecule has 8 heteroatoms. The lowest BCUT2D eigenvalue weighted by molar-refractivity contribution is 0.0831. The summed E-state index contributed by atoms with van der Waals surface area (Å²) in [7, 11) is 3.17. The fourth-order valence-electron chi connectivity index (χ4n) is 4.31. The molecule has 4 rings (SSSR count). The first-order chi connectivity index (χ1) is 16.0. The van der Waals surface area contributed by atoms with Gasteiger partial charge in [0.05, 0.1) is 31.5 Å². The van der Waals surface area contributed by atoms with Crippen LogP contribution in [-0.4, -0.2) is 60.8 Å². The molecule has 174 valence electrons. The number of nitrogen functional groups attached to an aromatic ring is 1. The number of aliphatic hydroxyl groups excluding tert-OH is 1. The maximum atomic E-state index is 12.6. The first-order valence-electron chi connectivity index (χ1n) is 11.1. The van der Waals surface area contributed by atoms with Crippen LogP contribution in [0, 0.1) is 0 Å². The Morgan fingerprint density at radius 3 is 2.67 bits per heavy atom. The summed E-state index contributed by atoms with van der Waals surface area (Å²) in [5.74, 6) is 1.15. The number of aliphatic hydroxyl groups is 1. The van der Waals surface area contributed by atoms with Crippen LogP contribution in [0.5, 0.6) is 11.5 Å². The number of anilines is 1. The summed E-state index contributed by atoms with van der Waals surface area (Å²) < 4.78 is 10.5. The molecule has 0 radical (unpaired) electrons. The number of nitrogens with two attached hydrogens (primary N) is 1. The van der Waals surface area contributed by atoms with E-state index in [1.807, 2.05) is 24.3 Å². The summed E-state index contributed by atoms with van der Waals surface area (Å²) in [6.45, 7) is 2.10. The van der Waals surface area contributed by atoms with E-state index in [1.54, 1.807) is 38.6 Å². The van der Waals surface area contributed by atoms with Gasteiger partial charge in [-0.2, -0.15) is 0 Å². The number of piperidine rings is 1. The number of ether oxygens (including phenoxy) is 2. The number of carbonyl (C=O) groups excluding carboxylic acids is 1. The maximum Gasteiger partial charge on any atom is 0.251 e. The number of β-amino-alcohol motifs (C(OH)–C–C–N with tert-alkyl or cyclic N) is 1. The van der Waals surface area contributed by atoms with Crippen molar-refractivity contribution < 1.29 is 19.4 Å². The predicted octanol–water partition coefficient (Wildman–Crippen LogP) is 2.76. The quantitative estimate of drug-likeness (QED) is 0.475. The first-order valence-corrected chi connectivity index (χ1v) is 11.1. The van der Waals surface area contributed by atoms with Crippen LogP contribution >= 0.6 is 0 Å². The van der Waals surface area contributed by atoms with Crippen LogP contribution in [0.25, 0.3) is 10.9 Å². The molecule has 1 saturated heterocycles. The van der Waals surface area contributed by atoms with Crippen LogP contribution in [-0.2, 0) is 0 Å². The minimum absolute atomic E-state index is 0.0836. The second kappa shape index (κ2) is 10.1. The molecule has 4 N–H and O–H groups in total. The van der Waals surface area contributed by atoms with E-state index in [-0.39, 0.29) is 11.9 Å². The van der Waals surface area contributed by atoms with Crippen LogP contribution in [0.2, 0.25) is 0 Å². The molecular weight excluding hydrogens is 420 g/mol. The molecule has 1 amide bonds. The second-order valence-corrected chi connectivity index (χ2v) is 8.30. The number of carbonyl (C=O) groups is 1. The van der Waals surface area contributed by atoms with Gasteiger partial charge in [0, 0.05) is 42.8 Å². The van der Waals surface area contributed by atoms with Gasteiger partial charge in [-0.1, -0.05) is 0 Å². The molecule has 0 unspecified atom stereocenters. The number of pyridine rings is 1. The highest BCUT2D eigenvalue weighted by Gasteiger charge is 2.24. The van der Waals surface area contributed by atoms with Crippen LogP contribution in [0.15, 0.2) is 48.7 Å². The molecule has 0 spiro atoms. The van der Waals surface area contributed by atoms with E-state index in [0.29, 0.717) is 23.5 Å². The summed E-state index contributed by atoms with van der Waals surface area (Å²) in [5, 5.41) is 15.0. The van der Waals surface area contributed by atoms with Gasteiger partial charge in [0.25, 0.3) is 5.91 Å². The Labute approximate surface area is 193 Å². The van der Waals surface area contributed by atoms with Gasteiger partial charge in [0.1, 0.15) is 11.5 Å². The highest BCUT2D eigenvalue weighted by atomic mass is 16.5. The molecule has 0 bridgehead atoms. The minimum Gasteiger partial charge on any atom is -0.497 e. The third-order valence-electron chi connectivity index (χ3n) is 6.19. The number of nitrogens with zero attached hydrogens (tertiary/aromatic N) is 2. The molecule has 3 aromatic rings. The van der Waals surface area contributed by atoms with E-state index >= 15 is 0 Å². The Morgan fingerprint density at radius 2 is 1.97 bits per heavy atom. The highest BCUT2D eigenvalue weighted by Crippen LogP contribution is 2.28. The molecule has 2 aromatic carbocycles. The molecule has 0 saturated carbocycles. The number of benzene rings is 2. The molecule has 33 heavy (non-hydrogen) atoms. The third kappa shape index (κ3) is 5.18. The number of hydrogen-bond acceptors (Lipinski definition) is 7. The van der Waals surface area contributed by atoms with Gasteiger partial charge >= 0.3 is 0 Å². The van der Waals surface area contributed by atoms with Gasteiger partial charge in [-0.05, 0) is 60.9 Å². The Hall–Kier alpha value is -3.36. The standard InChI is InChI=1S/C25H30N4O4/c1-32-18-4-5-22-20(14-18)19(7-10-27-22)23(30)15-29-11-8-17(9-12-29)28-25(31)16-3-6-24(33-2)21(26)13-16/h3-7,10,13-14,17,23,30H,8-9,11-12,15,26H2,1-2H3,(H,28,31)/t23-/m0/s1. The minimum atomic E-state index is -0.643. The van der Waals surface area contributed by atoms with Crippen molar-refractivity contribution in [3.05, 3.63) is 59.8 Å². The fourth-order valence-corrected chi connectivity index (χ4v) is 4.31. The van der Waals surface area contributed by atoms with Gasteiger partial charge < -0.3 is 30.5 Å². The zero-order valence-electron chi connectivity index (χ0n) is 19.0. The molecule has 2 heterocycles. The van der Waals surface area contributed by atoms with Crippen LogP contribution < -0.4 is 20.5 Å². The van der Waals surface area contributed by atoms with Gasteiger partial charge in [0.15, 0.2) is 0 Å². The normalized spacial score (nSPS) is 15.8. The molecule has 0 aliphatic carbocycles. The average molecular weight is 451 g/mol. The molecule has 1 atom stereocenters. The molecular formula is C25H30N4O4. The van der Waals surface area contributed by atoms with E-state index in [4.69, 9.17) is 15.2 Å². The Kier molecular flexibility index (Phi) is 6.96. The number of nitrogens with one attached hydrogen (secondary N) is 1. The van der Waals surface area contributed by atoms with Gasteiger partial charge in [-0.3, -0.25) is 9.78 Å². The summed E-state index contributed by atoms with van der Waals surface area (Å²) in [5.41, 5.74) is 8.55. The molecule has 1 aliphatic heterocycles. The van der Waals surface area contributed by atoms with Crippen LogP contribution in [0.1, 0.15) is 34.9 Å². The zero-order valence-corrected chi connectivity index (χ0v) is 19.0. The number of aromatic nitrogens is 1. The predicted molar refractivity (Wildman–Crippen MR) is 128 cm³/mol. The van der Waals surface area contributed by atoms with Crippen LogP contribution in [0.4, 0.5) is 5.69 Å². The number of fused-ring (bicyclic) bond motifs is 1. The van der Waals surface area contributed by atoms with Crippen molar-refractivity contribution in [3.8, 4) is 11.5 Å². The van der Waals surface area contributed by atoms with E-state index in [1.165, 1.54) is 0 Å². The first kappa shape index (κ1) is 22.8. The van der Waals surface area contributed by atoms with Gasteiger partial charge in [0.2, 0.25) is 0 Å². The molecule has 8 nitrogen and oxygen atoms in total. The van der Waals surface area contributed by atoms with E-state index < -0.39 is 6.10 Å². The van der Waals surface area contributed by atoms with Gasteiger partial charge in [-0.25, -0.2) is 0 Å². The summed E-state index contributed by atoms with van der Waals surface area (Å²) in [6, 6.07) is 12.7. The lowest BCUT2D eigenvalue weighted by atomic mass is 10.0. The lowest BCUT2D eigenvalue weighted by Gasteiger charge is -2.33. The summed E-state index contributed by atoms with van der Waals surface area (Å²) in [4.78, 5) is 19.2. The Bertz CT molecular complexity index is 1130. The monoisotopic (exact) mass is 450 g/mol. The zero-order chi connectivity index (χ0) is 23.4. The fraction of sp³-hybridized carbons (Fsp3) is 0.360. The number of rotatable bonds is 7. The lowest BCUT2D eigenvalue weighted by Crippen LogP contribution is -2.45. The van der Waals surface area contributed by atoms with Crippen molar-refractivity contribution in [2.24, 2.45) is 0 Å². The SMILES string of the molecule is COc1ccc2nccc([C@@H](O)CN3CCC(NC(=O)c4ccc(OC)c(N)c4)CC3)c2c1. The van der Waals surface area contributed by atoms with Crippen LogP contribution in [0.3, 0.4) is 0 Å². The second-order valence-electron chi connectivity index (χ2n) is 8.30. The van der Waals surface area contributed by atoms with Crippen molar-refractivity contribution in [3.63, 3.8) is 0 Å². The smallest absolute Gasteiger partial charge is 0.251 e. The number of amides is 1. The highest BCUT2D eigenvalue weighted by molar-refractivity contribution is 5.95. The largest absolute Gasteiger partial charge is 0.497 e. The van der Waals surface area contributed by atoms with Crippen molar-refractivity contribution in [2.45, 2.75) is 25.0 Å². The third-order valence-corrected chi connectivity index (χ3v) is 6.19. The van der Waals surface area contributed by atoms with E-state index in [2.05, 4.69) is 15.2 Å². The molecule has 1 fully saturated rings. The molecule has 1 aromatic heterocycles. The maximum absolute atomic E-state index is 12.6. The number of likely N-dealkylation sites (tertiary alicyclic amines) is 1. The Morgan fingerprint density at radius 1 is 1.18 bits per heavy atom. The van der Waals surface area contributed by atoms with Crippen molar-refractivity contribution in [1.29, 1.82) is 0 Å².